The molecule has 0 bridgehead atoms. The van der Waals surface area contributed by atoms with Gasteiger partial charge in [-0.15, -0.1) is 0 Å². The van der Waals surface area contributed by atoms with Crippen molar-refractivity contribution in [2.75, 3.05) is 0 Å². The first kappa shape index (κ1) is 9.46. The van der Waals surface area contributed by atoms with E-state index in [4.69, 9.17) is 0 Å². The number of rotatable bonds is 0. The van der Waals surface area contributed by atoms with E-state index in [-0.39, 0.29) is 0 Å². The van der Waals surface area contributed by atoms with Crippen LogP contribution in [0.3, 0.4) is 0 Å². The van der Waals surface area contributed by atoms with Gasteiger partial charge in [0.25, 0.3) is 0 Å². The van der Waals surface area contributed by atoms with Gasteiger partial charge in [0.2, 0.25) is 0 Å². The molecule has 15 heavy (non-hydrogen) atoms. The minimum Gasteiger partial charge on any atom is -0.278 e. The topological polar surface area (TPSA) is 28.7 Å². The van der Waals surface area contributed by atoms with E-state index in [0.717, 1.165) is 11.3 Å². The minimum atomic E-state index is 1.02. The van der Waals surface area contributed by atoms with Crippen molar-refractivity contribution >= 4 is 12.2 Å². The highest BCUT2D eigenvalue weighted by atomic mass is 15.1. The van der Waals surface area contributed by atoms with Crippen LogP contribution in [0.25, 0.3) is 12.2 Å². The van der Waals surface area contributed by atoms with Crippen molar-refractivity contribution in [2.45, 2.75) is 0 Å². The molecule has 1 aliphatic carbocycles. The van der Waals surface area contributed by atoms with Crippen molar-refractivity contribution < 1.29 is 0 Å². The molecular weight excluding hydrogens is 184 g/mol. The van der Waals surface area contributed by atoms with E-state index in [9.17, 15) is 0 Å². The monoisotopic (exact) mass is 196 g/mol. The Morgan fingerprint density at radius 3 is 2.07 bits per heavy atom. The van der Waals surface area contributed by atoms with Gasteiger partial charge in [-0.1, -0.05) is 54.7 Å². The maximum Gasteiger partial charge on any atom is 0.0650 e. The quantitative estimate of drug-likeness (QED) is 0.678. The van der Waals surface area contributed by atoms with E-state index in [2.05, 4.69) is 10.2 Å². The Balaban J connectivity index is 2.34. The van der Waals surface area contributed by atoms with Crippen molar-refractivity contribution in [3.8, 4) is 0 Å². The first-order valence-electron chi connectivity index (χ1n) is 4.85. The molecule has 0 fully saturated rings. The summed E-state index contributed by atoms with van der Waals surface area (Å²) in [6.07, 6.45) is 21.8. The van der Waals surface area contributed by atoms with Gasteiger partial charge in [0, 0.05) is 5.56 Å². The van der Waals surface area contributed by atoms with Crippen LogP contribution in [-0.4, -0.2) is 10.2 Å². The summed E-state index contributed by atoms with van der Waals surface area (Å²) in [6, 6.07) is 0. The van der Waals surface area contributed by atoms with Crippen molar-refractivity contribution in [1.82, 2.24) is 10.2 Å². The van der Waals surface area contributed by atoms with Gasteiger partial charge in [0.1, 0.15) is 0 Å². The third kappa shape index (κ3) is 2.68. The van der Waals surface area contributed by atoms with E-state index in [1.54, 1.807) is 0 Å². The Hall–Kier alpha value is -2.09. The first-order chi connectivity index (χ1) is 7.47. The lowest BCUT2D eigenvalue weighted by atomic mass is 10.2. The molecule has 1 N–H and O–H groups in total. The highest BCUT2D eigenvalue weighted by Crippen LogP contribution is 2.09. The summed E-state index contributed by atoms with van der Waals surface area (Å²) in [5.74, 6) is 0. The molecule has 0 saturated carbocycles. The van der Waals surface area contributed by atoms with Crippen LogP contribution in [0.2, 0.25) is 0 Å². The Kier molecular flexibility index (Phi) is 3.13. The van der Waals surface area contributed by atoms with Crippen LogP contribution in [0.4, 0.5) is 0 Å². The zero-order valence-electron chi connectivity index (χ0n) is 8.30. The molecule has 2 heteroatoms. The fraction of sp³-hybridized carbons (Fsp3) is 0. The molecule has 0 saturated heterocycles. The Morgan fingerprint density at radius 2 is 1.33 bits per heavy atom. The SMILES string of the molecule is C1=CC=CC=Cc2[nH]ncc2C=CC=C1. The molecule has 0 aliphatic heterocycles. The molecule has 74 valence electrons. The summed E-state index contributed by atoms with van der Waals surface area (Å²) in [4.78, 5) is 0. The van der Waals surface area contributed by atoms with E-state index in [1.807, 2.05) is 67.0 Å². The van der Waals surface area contributed by atoms with Crippen LogP contribution in [0.1, 0.15) is 11.3 Å². The average molecular weight is 196 g/mol. The Morgan fingerprint density at radius 1 is 0.733 bits per heavy atom. The van der Waals surface area contributed by atoms with Gasteiger partial charge in [-0.05, 0) is 6.08 Å². The molecule has 0 atom stereocenters. The molecule has 1 aromatic heterocycles. The molecule has 2 nitrogen and oxygen atoms in total. The lowest BCUT2D eigenvalue weighted by Gasteiger charge is -1.89. The largest absolute Gasteiger partial charge is 0.278 e. The molecule has 1 aromatic rings. The minimum absolute atomic E-state index is 1.02. The summed E-state index contributed by atoms with van der Waals surface area (Å²) in [5.41, 5.74) is 2.11. The molecule has 0 aromatic carbocycles. The summed E-state index contributed by atoms with van der Waals surface area (Å²) >= 11 is 0. The number of hydrogen-bond acceptors (Lipinski definition) is 1. The van der Waals surface area contributed by atoms with Crippen molar-refractivity contribution in [3.63, 3.8) is 0 Å². The molecule has 0 unspecified atom stereocenters. The third-order valence-electron chi connectivity index (χ3n) is 2.02. The van der Waals surface area contributed by atoms with Gasteiger partial charge in [-0.2, -0.15) is 5.10 Å². The summed E-state index contributed by atoms with van der Waals surface area (Å²) in [7, 11) is 0. The summed E-state index contributed by atoms with van der Waals surface area (Å²) < 4.78 is 0. The van der Waals surface area contributed by atoms with Gasteiger partial charge in [-0.3, -0.25) is 5.10 Å². The van der Waals surface area contributed by atoms with Gasteiger partial charge in [0.15, 0.2) is 0 Å². The Bertz CT molecular complexity index is 416. The second-order valence-electron chi connectivity index (χ2n) is 3.11. The number of allylic oxidation sites excluding steroid dienone is 8. The lowest BCUT2D eigenvalue weighted by Crippen LogP contribution is -1.75. The number of aromatic nitrogens is 2. The molecule has 0 radical (unpaired) electrons. The second-order valence-corrected chi connectivity index (χ2v) is 3.11. The third-order valence-corrected chi connectivity index (χ3v) is 2.02. The standard InChI is InChI=1S/C13H12N2/c1-2-4-6-8-10-13-12(11-14-15-13)9-7-5-3-1/h1-11H,(H,14,15). The average Bonchev–Trinajstić information content (AvgIpc) is 2.65. The van der Waals surface area contributed by atoms with E-state index < -0.39 is 0 Å². The van der Waals surface area contributed by atoms with Crippen molar-refractivity contribution in [3.05, 3.63) is 66.1 Å². The molecule has 0 amide bonds. The highest BCUT2D eigenvalue weighted by Gasteiger charge is 1.95. The molecule has 1 heterocycles. The van der Waals surface area contributed by atoms with E-state index in [0.29, 0.717) is 0 Å². The second kappa shape index (κ2) is 4.96. The van der Waals surface area contributed by atoms with Gasteiger partial charge >= 0.3 is 0 Å². The predicted molar refractivity (Wildman–Crippen MR) is 64.1 cm³/mol. The number of fused-ring (bicyclic) bond motifs is 1. The van der Waals surface area contributed by atoms with Gasteiger partial charge in [0.05, 0.1) is 11.9 Å². The number of aromatic amines is 1. The maximum absolute atomic E-state index is 4.00. The van der Waals surface area contributed by atoms with Crippen LogP contribution in [-0.2, 0) is 0 Å². The summed E-state index contributed by atoms with van der Waals surface area (Å²) in [6.45, 7) is 0. The zero-order valence-corrected chi connectivity index (χ0v) is 8.30. The molecule has 1 aliphatic rings. The maximum atomic E-state index is 4.00. The van der Waals surface area contributed by atoms with Gasteiger partial charge in [-0.25, -0.2) is 0 Å². The van der Waals surface area contributed by atoms with E-state index in [1.165, 1.54) is 0 Å². The first-order valence-corrected chi connectivity index (χ1v) is 4.85. The van der Waals surface area contributed by atoms with Crippen LogP contribution in [0.5, 0.6) is 0 Å². The number of H-pyrrole nitrogens is 1. The molecule has 0 spiro atoms. The number of nitrogens with zero attached hydrogens (tertiary/aromatic N) is 1. The number of nitrogens with one attached hydrogen (secondary N) is 1. The Labute approximate surface area is 89.0 Å². The fourth-order valence-corrected chi connectivity index (χ4v) is 1.27. The summed E-state index contributed by atoms with van der Waals surface area (Å²) in [5, 5.41) is 6.95. The lowest BCUT2D eigenvalue weighted by molar-refractivity contribution is 1.08. The normalized spacial score (nSPS) is 14.7. The van der Waals surface area contributed by atoms with Crippen LogP contribution < -0.4 is 0 Å². The number of hydrogen-bond donors (Lipinski definition) is 1. The van der Waals surface area contributed by atoms with Crippen LogP contribution in [0, 0.1) is 0 Å². The highest BCUT2D eigenvalue weighted by molar-refractivity contribution is 5.63. The fourth-order valence-electron chi connectivity index (χ4n) is 1.27. The van der Waals surface area contributed by atoms with Gasteiger partial charge < -0.3 is 0 Å². The van der Waals surface area contributed by atoms with Crippen LogP contribution in [0.15, 0.2) is 54.8 Å². The predicted octanol–water partition coefficient (Wildman–Crippen LogP) is 3.12. The smallest absolute Gasteiger partial charge is 0.0650 e. The molecule has 2 rings (SSSR count). The zero-order chi connectivity index (χ0) is 10.3. The van der Waals surface area contributed by atoms with Crippen molar-refractivity contribution in [2.24, 2.45) is 0 Å². The van der Waals surface area contributed by atoms with Crippen molar-refractivity contribution in [1.29, 1.82) is 0 Å². The van der Waals surface area contributed by atoms with E-state index >= 15 is 0 Å². The molecular formula is C13H12N2. The van der Waals surface area contributed by atoms with Crippen LogP contribution >= 0.6 is 0 Å².